The number of rotatable bonds is 5. The van der Waals surface area contributed by atoms with Gasteiger partial charge in [-0.3, -0.25) is 4.79 Å². The quantitative estimate of drug-likeness (QED) is 0.917. The topological polar surface area (TPSA) is 40.5 Å². The molecule has 1 heterocycles. The lowest BCUT2D eigenvalue weighted by atomic mass is 10.1. The summed E-state index contributed by atoms with van der Waals surface area (Å²) in [6.45, 7) is 0.689. The van der Waals surface area contributed by atoms with Gasteiger partial charge < -0.3 is 10.0 Å². The number of carbonyl (C=O) groups excluding carboxylic acids is 1. The van der Waals surface area contributed by atoms with Crippen molar-refractivity contribution in [1.82, 2.24) is 4.90 Å². The van der Waals surface area contributed by atoms with Crippen LogP contribution in [0.4, 0.5) is 0 Å². The Morgan fingerprint density at radius 2 is 2.05 bits per heavy atom. The third-order valence-corrected chi connectivity index (χ3v) is 4.41. The summed E-state index contributed by atoms with van der Waals surface area (Å²) in [4.78, 5) is 15.7. The van der Waals surface area contributed by atoms with Crippen LogP contribution >= 0.6 is 11.3 Å². The normalized spacial score (nSPS) is 14.2. The number of hydrogen-bond donors (Lipinski definition) is 1. The number of phenols is 1. The zero-order valence-electron chi connectivity index (χ0n) is 11.2. The van der Waals surface area contributed by atoms with Crippen LogP contribution in [0.15, 0.2) is 41.8 Å². The predicted octanol–water partition coefficient (Wildman–Crippen LogP) is 3.19. The lowest BCUT2D eigenvalue weighted by molar-refractivity contribution is -0.131. The molecule has 1 aliphatic carbocycles. The molecule has 0 unspecified atom stereocenters. The molecule has 104 valence electrons. The Morgan fingerprint density at radius 3 is 2.70 bits per heavy atom. The van der Waals surface area contributed by atoms with E-state index < -0.39 is 0 Å². The first kappa shape index (κ1) is 13.2. The van der Waals surface area contributed by atoms with E-state index in [1.807, 2.05) is 28.5 Å². The van der Waals surface area contributed by atoms with Crippen LogP contribution in [0.5, 0.6) is 5.75 Å². The van der Waals surface area contributed by atoms with E-state index in [4.69, 9.17) is 0 Å². The van der Waals surface area contributed by atoms with Gasteiger partial charge in [0, 0.05) is 16.5 Å². The fourth-order valence-electron chi connectivity index (χ4n) is 2.30. The molecule has 4 heteroatoms. The lowest BCUT2D eigenvalue weighted by Gasteiger charge is -2.22. The number of carbonyl (C=O) groups is 1. The van der Waals surface area contributed by atoms with Crippen molar-refractivity contribution in [3.63, 3.8) is 0 Å². The summed E-state index contributed by atoms with van der Waals surface area (Å²) in [6, 6.07) is 11.5. The Balaban J connectivity index is 1.71. The Labute approximate surface area is 122 Å². The SMILES string of the molecule is O=C(Cc1ccccc1O)N(Cc1cccs1)C1CC1. The molecule has 1 fully saturated rings. The second-order valence-electron chi connectivity index (χ2n) is 5.14. The largest absolute Gasteiger partial charge is 0.508 e. The molecular formula is C16H17NO2S. The Hall–Kier alpha value is -1.81. The third kappa shape index (κ3) is 3.02. The van der Waals surface area contributed by atoms with Gasteiger partial charge in [0.05, 0.1) is 13.0 Å². The third-order valence-electron chi connectivity index (χ3n) is 3.55. The first-order valence-electron chi connectivity index (χ1n) is 6.83. The van der Waals surface area contributed by atoms with Crippen LogP contribution in [0.3, 0.4) is 0 Å². The van der Waals surface area contributed by atoms with Gasteiger partial charge in [-0.1, -0.05) is 24.3 Å². The Bertz CT molecular complexity index is 590. The average molecular weight is 287 g/mol. The molecule has 0 radical (unpaired) electrons. The van der Waals surface area contributed by atoms with Crippen molar-refractivity contribution in [3.05, 3.63) is 52.2 Å². The van der Waals surface area contributed by atoms with Crippen molar-refractivity contribution < 1.29 is 9.90 Å². The van der Waals surface area contributed by atoms with Crippen molar-refractivity contribution in [2.75, 3.05) is 0 Å². The summed E-state index contributed by atoms with van der Waals surface area (Å²) in [5.41, 5.74) is 0.703. The van der Waals surface area contributed by atoms with Gasteiger partial charge >= 0.3 is 0 Å². The van der Waals surface area contributed by atoms with Crippen LogP contribution in [0.2, 0.25) is 0 Å². The van der Waals surface area contributed by atoms with Crippen LogP contribution in [-0.4, -0.2) is 22.0 Å². The van der Waals surface area contributed by atoms with E-state index in [1.54, 1.807) is 23.5 Å². The molecule has 1 aromatic carbocycles. The number of hydrogen-bond acceptors (Lipinski definition) is 3. The standard InChI is InChI=1S/C16H17NO2S/c18-15-6-2-1-4-12(15)10-16(19)17(13-7-8-13)11-14-5-3-9-20-14/h1-6,9,13,18H,7-8,10-11H2. The van der Waals surface area contributed by atoms with Crippen molar-refractivity contribution in [2.24, 2.45) is 0 Å². The number of aromatic hydroxyl groups is 1. The molecule has 3 nitrogen and oxygen atoms in total. The zero-order chi connectivity index (χ0) is 13.9. The summed E-state index contributed by atoms with van der Waals surface area (Å²) < 4.78 is 0. The summed E-state index contributed by atoms with van der Waals surface area (Å²) >= 11 is 1.68. The summed E-state index contributed by atoms with van der Waals surface area (Å²) in [5.74, 6) is 0.301. The van der Waals surface area contributed by atoms with Gasteiger partial charge in [0.25, 0.3) is 0 Å². The fraction of sp³-hybridized carbons (Fsp3) is 0.312. The molecule has 20 heavy (non-hydrogen) atoms. The molecule has 1 aromatic heterocycles. The van der Waals surface area contributed by atoms with Gasteiger partial charge in [-0.05, 0) is 30.4 Å². The van der Waals surface area contributed by atoms with Gasteiger partial charge in [0.2, 0.25) is 5.91 Å². The molecule has 0 atom stereocenters. The van der Waals surface area contributed by atoms with E-state index in [1.165, 1.54) is 4.88 Å². The van der Waals surface area contributed by atoms with E-state index in [0.717, 1.165) is 12.8 Å². The summed E-state index contributed by atoms with van der Waals surface area (Å²) in [6.07, 6.45) is 2.46. The first-order valence-corrected chi connectivity index (χ1v) is 7.71. The highest BCUT2D eigenvalue weighted by Gasteiger charge is 2.32. The smallest absolute Gasteiger partial charge is 0.227 e. The highest BCUT2D eigenvalue weighted by molar-refractivity contribution is 7.09. The van der Waals surface area contributed by atoms with Gasteiger partial charge in [-0.25, -0.2) is 0 Å². The van der Waals surface area contributed by atoms with E-state index in [0.29, 0.717) is 18.2 Å². The molecular weight excluding hydrogens is 270 g/mol. The minimum Gasteiger partial charge on any atom is -0.508 e. The molecule has 0 saturated heterocycles. The van der Waals surface area contributed by atoms with Gasteiger partial charge in [0.1, 0.15) is 5.75 Å². The van der Waals surface area contributed by atoms with Crippen molar-refractivity contribution in [3.8, 4) is 5.75 Å². The van der Waals surface area contributed by atoms with Crippen molar-refractivity contribution in [1.29, 1.82) is 0 Å². The monoisotopic (exact) mass is 287 g/mol. The maximum absolute atomic E-state index is 12.5. The van der Waals surface area contributed by atoms with Gasteiger partial charge in [-0.2, -0.15) is 0 Å². The Morgan fingerprint density at radius 1 is 1.25 bits per heavy atom. The molecule has 1 amide bonds. The molecule has 1 N–H and O–H groups in total. The number of benzene rings is 1. The van der Waals surface area contributed by atoms with Crippen molar-refractivity contribution in [2.45, 2.75) is 31.8 Å². The molecule has 0 spiro atoms. The van der Waals surface area contributed by atoms with E-state index in [-0.39, 0.29) is 18.1 Å². The fourth-order valence-corrected chi connectivity index (χ4v) is 3.01. The second-order valence-corrected chi connectivity index (χ2v) is 6.17. The number of phenolic OH excluding ortho intramolecular Hbond substituents is 1. The molecule has 0 bridgehead atoms. The number of para-hydroxylation sites is 1. The first-order chi connectivity index (χ1) is 9.74. The van der Waals surface area contributed by atoms with E-state index in [9.17, 15) is 9.90 Å². The van der Waals surface area contributed by atoms with Crippen LogP contribution in [0.25, 0.3) is 0 Å². The maximum Gasteiger partial charge on any atom is 0.227 e. The molecule has 3 rings (SSSR count). The van der Waals surface area contributed by atoms with Crippen LogP contribution in [0, 0.1) is 0 Å². The molecule has 1 aliphatic rings. The molecule has 0 aliphatic heterocycles. The second kappa shape index (κ2) is 5.67. The minimum atomic E-state index is 0.0994. The average Bonchev–Trinajstić information content (AvgIpc) is 3.15. The van der Waals surface area contributed by atoms with E-state index in [2.05, 4.69) is 6.07 Å². The van der Waals surface area contributed by atoms with Gasteiger partial charge in [0.15, 0.2) is 0 Å². The van der Waals surface area contributed by atoms with Crippen LogP contribution in [-0.2, 0) is 17.8 Å². The summed E-state index contributed by atoms with van der Waals surface area (Å²) in [5, 5.41) is 11.8. The zero-order valence-corrected chi connectivity index (χ0v) is 12.0. The van der Waals surface area contributed by atoms with E-state index >= 15 is 0 Å². The number of nitrogens with zero attached hydrogens (tertiary/aromatic N) is 1. The maximum atomic E-state index is 12.5. The molecule has 2 aromatic rings. The highest BCUT2D eigenvalue weighted by atomic mass is 32.1. The van der Waals surface area contributed by atoms with Crippen LogP contribution in [0.1, 0.15) is 23.3 Å². The van der Waals surface area contributed by atoms with Gasteiger partial charge in [-0.15, -0.1) is 11.3 Å². The number of amides is 1. The lowest BCUT2D eigenvalue weighted by Crippen LogP contribution is -2.33. The predicted molar refractivity (Wildman–Crippen MR) is 79.7 cm³/mol. The molecule has 1 saturated carbocycles. The number of thiophene rings is 1. The highest BCUT2D eigenvalue weighted by Crippen LogP contribution is 2.30. The van der Waals surface area contributed by atoms with Crippen LogP contribution < -0.4 is 0 Å². The Kier molecular flexibility index (Phi) is 3.74. The minimum absolute atomic E-state index is 0.0994. The summed E-state index contributed by atoms with van der Waals surface area (Å²) in [7, 11) is 0. The van der Waals surface area contributed by atoms with Crippen molar-refractivity contribution >= 4 is 17.2 Å².